The number of rotatable bonds is 6. The highest BCUT2D eigenvalue weighted by Gasteiger charge is 2.24. The van der Waals surface area contributed by atoms with Gasteiger partial charge in [0.15, 0.2) is 0 Å². The second kappa shape index (κ2) is 9.68. The number of halogens is 1. The average Bonchev–Trinajstić information content (AvgIpc) is 3.28. The first-order valence-corrected chi connectivity index (χ1v) is 11.1. The largest absolute Gasteiger partial charge is 0.418 e. The van der Waals surface area contributed by atoms with Gasteiger partial charge in [-0.25, -0.2) is 4.79 Å². The first-order chi connectivity index (χ1) is 15.1. The van der Waals surface area contributed by atoms with Crippen LogP contribution in [0.5, 0.6) is 0 Å². The Kier molecular flexibility index (Phi) is 6.54. The van der Waals surface area contributed by atoms with Crippen LogP contribution in [0.4, 0.5) is 10.5 Å². The number of thioether (sulfide) groups is 1. The number of benzene rings is 3. The molecule has 2 amide bonds. The first-order valence-electron chi connectivity index (χ1n) is 9.49. The maximum absolute atomic E-state index is 12.8. The molecule has 0 saturated heterocycles. The molecule has 0 aliphatic heterocycles. The second-order valence-electron chi connectivity index (χ2n) is 6.60. The lowest BCUT2D eigenvalue weighted by Crippen LogP contribution is -2.33. The van der Waals surface area contributed by atoms with Crippen molar-refractivity contribution in [2.45, 2.75) is 10.9 Å². The van der Waals surface area contributed by atoms with Crippen molar-refractivity contribution < 1.29 is 9.21 Å². The zero-order chi connectivity index (χ0) is 21.6. The number of amides is 2. The number of hydrogen-bond donors (Lipinski definition) is 2. The van der Waals surface area contributed by atoms with Crippen molar-refractivity contribution in [3.8, 4) is 11.5 Å². The van der Waals surface area contributed by atoms with Gasteiger partial charge >= 0.3 is 6.03 Å². The Balaban J connectivity index is 1.60. The molecule has 0 aliphatic rings. The van der Waals surface area contributed by atoms with Crippen LogP contribution < -0.4 is 10.6 Å². The Bertz CT molecular complexity index is 1180. The monoisotopic (exact) mass is 450 g/mol. The summed E-state index contributed by atoms with van der Waals surface area (Å²) in [5.74, 6) is 0.547. The quantitative estimate of drug-likeness (QED) is 0.351. The number of nitrogens with one attached hydrogen (secondary N) is 2. The van der Waals surface area contributed by atoms with Gasteiger partial charge in [-0.3, -0.25) is 0 Å². The Hall–Kier alpha value is -3.29. The normalized spacial score (nSPS) is 11.7. The number of anilines is 1. The highest BCUT2D eigenvalue weighted by molar-refractivity contribution is 7.98. The molecule has 156 valence electrons. The van der Waals surface area contributed by atoms with Crippen LogP contribution in [0.1, 0.15) is 17.5 Å². The summed E-state index contributed by atoms with van der Waals surface area (Å²) in [6, 6.07) is 23.3. The SMILES string of the molecule is CSc1cccc(NC(=O)N[C@@H](c2ccccc2)c2nnc(-c3ccccc3Cl)o2)c1. The lowest BCUT2D eigenvalue weighted by Gasteiger charge is -2.16. The summed E-state index contributed by atoms with van der Waals surface area (Å²) < 4.78 is 5.90. The van der Waals surface area contributed by atoms with Crippen LogP contribution in [0.3, 0.4) is 0 Å². The predicted molar refractivity (Wildman–Crippen MR) is 123 cm³/mol. The van der Waals surface area contributed by atoms with Gasteiger partial charge in [-0.15, -0.1) is 22.0 Å². The summed E-state index contributed by atoms with van der Waals surface area (Å²) in [4.78, 5) is 13.8. The molecule has 1 atom stereocenters. The highest BCUT2D eigenvalue weighted by Crippen LogP contribution is 2.29. The van der Waals surface area contributed by atoms with Crippen molar-refractivity contribution in [3.05, 3.63) is 95.3 Å². The van der Waals surface area contributed by atoms with Gasteiger partial charge in [-0.05, 0) is 42.2 Å². The maximum atomic E-state index is 12.8. The van der Waals surface area contributed by atoms with E-state index >= 15 is 0 Å². The minimum Gasteiger partial charge on any atom is -0.418 e. The molecular formula is C23H19ClN4O2S. The van der Waals surface area contributed by atoms with E-state index in [0.29, 0.717) is 16.3 Å². The number of aromatic nitrogens is 2. The third-order valence-electron chi connectivity index (χ3n) is 4.53. The summed E-state index contributed by atoms with van der Waals surface area (Å²) in [7, 11) is 0. The molecule has 0 spiro atoms. The van der Waals surface area contributed by atoms with Crippen LogP contribution in [0, 0.1) is 0 Å². The molecule has 0 fully saturated rings. The molecule has 0 aliphatic carbocycles. The smallest absolute Gasteiger partial charge is 0.320 e. The average molecular weight is 451 g/mol. The van der Waals surface area contributed by atoms with E-state index in [1.54, 1.807) is 23.9 Å². The van der Waals surface area contributed by atoms with E-state index < -0.39 is 6.04 Å². The highest BCUT2D eigenvalue weighted by atomic mass is 35.5. The van der Waals surface area contributed by atoms with Crippen LogP contribution in [-0.4, -0.2) is 22.5 Å². The van der Waals surface area contributed by atoms with E-state index in [4.69, 9.17) is 16.0 Å². The van der Waals surface area contributed by atoms with Crippen molar-refractivity contribution in [3.63, 3.8) is 0 Å². The third kappa shape index (κ3) is 5.07. The number of carbonyl (C=O) groups is 1. The Morgan fingerprint density at radius 1 is 1.00 bits per heavy atom. The van der Waals surface area contributed by atoms with Gasteiger partial charge in [-0.1, -0.05) is 60.1 Å². The molecule has 0 bridgehead atoms. The Morgan fingerprint density at radius 3 is 2.55 bits per heavy atom. The topological polar surface area (TPSA) is 80.0 Å². The van der Waals surface area contributed by atoms with Gasteiger partial charge in [-0.2, -0.15) is 0 Å². The fraction of sp³-hybridized carbons (Fsp3) is 0.0870. The molecule has 2 N–H and O–H groups in total. The number of hydrogen-bond acceptors (Lipinski definition) is 5. The van der Waals surface area contributed by atoms with Gasteiger partial charge in [0.05, 0.1) is 10.6 Å². The molecule has 4 rings (SSSR count). The lowest BCUT2D eigenvalue weighted by molar-refractivity contribution is 0.248. The molecule has 0 saturated carbocycles. The molecule has 8 heteroatoms. The standard InChI is InChI=1S/C23H19ClN4O2S/c1-31-17-11-7-10-16(14-17)25-23(29)26-20(15-8-3-2-4-9-15)22-28-27-21(30-22)18-12-5-6-13-19(18)24/h2-14,20H,1H3,(H2,25,26,29)/t20-/m0/s1. The Labute approximate surface area is 189 Å². The molecule has 3 aromatic carbocycles. The van der Waals surface area contributed by atoms with E-state index in [9.17, 15) is 4.79 Å². The van der Waals surface area contributed by atoms with E-state index in [-0.39, 0.29) is 17.8 Å². The van der Waals surface area contributed by atoms with Crippen LogP contribution in [0.2, 0.25) is 5.02 Å². The summed E-state index contributed by atoms with van der Waals surface area (Å²) >= 11 is 7.86. The van der Waals surface area contributed by atoms with E-state index in [1.807, 2.05) is 73.0 Å². The van der Waals surface area contributed by atoms with Crippen molar-refractivity contribution in [2.75, 3.05) is 11.6 Å². The number of carbonyl (C=O) groups excluding carboxylic acids is 1. The van der Waals surface area contributed by atoms with Crippen molar-refractivity contribution >= 4 is 35.1 Å². The van der Waals surface area contributed by atoms with E-state index in [0.717, 1.165) is 10.5 Å². The fourth-order valence-corrected chi connectivity index (χ4v) is 3.70. The molecule has 0 unspecified atom stereocenters. The minimum absolute atomic E-state index is 0.258. The fourth-order valence-electron chi connectivity index (χ4n) is 3.03. The number of nitrogens with zero attached hydrogens (tertiary/aromatic N) is 2. The van der Waals surface area contributed by atoms with Crippen LogP contribution >= 0.6 is 23.4 Å². The first kappa shape index (κ1) is 21.0. The van der Waals surface area contributed by atoms with Crippen molar-refractivity contribution in [1.29, 1.82) is 0 Å². The summed E-state index contributed by atoms with van der Waals surface area (Å²) in [5.41, 5.74) is 2.14. The predicted octanol–water partition coefficient (Wildman–Crippen LogP) is 6.02. The van der Waals surface area contributed by atoms with Gasteiger partial charge < -0.3 is 15.1 Å². The van der Waals surface area contributed by atoms with Gasteiger partial charge in [0.1, 0.15) is 6.04 Å². The van der Waals surface area contributed by atoms with Gasteiger partial charge in [0, 0.05) is 10.6 Å². The second-order valence-corrected chi connectivity index (χ2v) is 7.89. The molecule has 1 aromatic heterocycles. The molecular weight excluding hydrogens is 432 g/mol. The van der Waals surface area contributed by atoms with Gasteiger partial charge in [0.2, 0.25) is 11.8 Å². The zero-order valence-corrected chi connectivity index (χ0v) is 18.2. The minimum atomic E-state index is -0.631. The molecule has 31 heavy (non-hydrogen) atoms. The van der Waals surface area contributed by atoms with Crippen molar-refractivity contribution in [2.24, 2.45) is 0 Å². The number of urea groups is 1. The van der Waals surface area contributed by atoms with Gasteiger partial charge in [0.25, 0.3) is 0 Å². The molecule has 4 aromatic rings. The van der Waals surface area contributed by atoms with E-state index in [1.165, 1.54) is 0 Å². The maximum Gasteiger partial charge on any atom is 0.320 e. The third-order valence-corrected chi connectivity index (χ3v) is 5.58. The van der Waals surface area contributed by atoms with Crippen molar-refractivity contribution in [1.82, 2.24) is 15.5 Å². The summed E-state index contributed by atoms with van der Waals surface area (Å²) in [6.07, 6.45) is 1.98. The summed E-state index contributed by atoms with van der Waals surface area (Å²) in [5, 5.41) is 14.6. The zero-order valence-electron chi connectivity index (χ0n) is 16.6. The summed E-state index contributed by atoms with van der Waals surface area (Å²) in [6.45, 7) is 0. The van der Waals surface area contributed by atoms with E-state index in [2.05, 4.69) is 20.8 Å². The Morgan fingerprint density at radius 2 is 1.77 bits per heavy atom. The van der Waals surface area contributed by atoms with Crippen LogP contribution in [0.25, 0.3) is 11.5 Å². The molecule has 6 nitrogen and oxygen atoms in total. The van der Waals surface area contributed by atoms with Crippen LogP contribution in [0.15, 0.2) is 88.2 Å². The molecule has 1 heterocycles. The lowest BCUT2D eigenvalue weighted by atomic mass is 10.1. The van der Waals surface area contributed by atoms with Crippen LogP contribution in [-0.2, 0) is 0 Å². The molecule has 0 radical (unpaired) electrons.